The number of carbonyl (C=O) groups excluding carboxylic acids is 1. The Hall–Kier alpha value is -1.28. The third-order valence-electron chi connectivity index (χ3n) is 1.44. The van der Waals surface area contributed by atoms with Crippen LogP contribution in [0.25, 0.3) is 6.08 Å². The quantitative estimate of drug-likeness (QED) is 0.547. The van der Waals surface area contributed by atoms with Crippen molar-refractivity contribution < 1.29 is 9.53 Å². The van der Waals surface area contributed by atoms with Crippen molar-refractivity contribution in [3.8, 4) is 0 Å². The predicted molar refractivity (Wildman–Crippen MR) is 52.5 cm³/mol. The molecule has 3 heteroatoms. The number of rotatable bonds is 4. The van der Waals surface area contributed by atoms with Gasteiger partial charge in [-0.25, -0.2) is 0 Å². The van der Waals surface area contributed by atoms with Crippen molar-refractivity contribution in [2.45, 2.75) is 0 Å². The third-order valence-corrected chi connectivity index (χ3v) is 1.69. The molecule has 0 unspecified atom stereocenters. The van der Waals surface area contributed by atoms with Gasteiger partial charge in [0.25, 0.3) is 6.47 Å². The fourth-order valence-electron chi connectivity index (χ4n) is 0.853. The number of halogens is 1. The molecule has 1 rings (SSSR count). The first-order valence-corrected chi connectivity index (χ1v) is 4.18. The van der Waals surface area contributed by atoms with Crippen LogP contribution in [0, 0.1) is 0 Å². The van der Waals surface area contributed by atoms with Crippen LogP contribution in [0.4, 0.5) is 0 Å². The van der Waals surface area contributed by atoms with Gasteiger partial charge in [-0.1, -0.05) is 29.8 Å². The fourth-order valence-corrected chi connectivity index (χ4v) is 0.979. The first kappa shape index (κ1) is 9.81. The minimum absolute atomic E-state index is 0.298. The van der Waals surface area contributed by atoms with Gasteiger partial charge in [-0.2, -0.15) is 0 Å². The van der Waals surface area contributed by atoms with Gasteiger partial charge >= 0.3 is 0 Å². The molecule has 0 spiro atoms. The largest absolute Gasteiger partial charge is 0.464 e. The van der Waals surface area contributed by atoms with Gasteiger partial charge in [-0.05, 0) is 23.8 Å². The maximum absolute atomic E-state index is 9.79. The zero-order valence-corrected chi connectivity index (χ0v) is 7.70. The van der Waals surface area contributed by atoms with Crippen LogP contribution in [0.1, 0.15) is 5.56 Å². The molecule has 0 heterocycles. The van der Waals surface area contributed by atoms with Crippen molar-refractivity contribution in [3.63, 3.8) is 0 Å². The Bertz CT molecular complexity index is 290. The van der Waals surface area contributed by atoms with E-state index >= 15 is 0 Å². The first-order valence-electron chi connectivity index (χ1n) is 3.80. The zero-order valence-electron chi connectivity index (χ0n) is 6.94. The molecule has 0 saturated carbocycles. The average molecular weight is 197 g/mol. The molecule has 13 heavy (non-hydrogen) atoms. The van der Waals surface area contributed by atoms with Crippen LogP contribution in [0.3, 0.4) is 0 Å². The van der Waals surface area contributed by atoms with Crippen molar-refractivity contribution in [2.75, 3.05) is 6.61 Å². The number of hydrogen-bond donors (Lipinski definition) is 0. The van der Waals surface area contributed by atoms with Gasteiger partial charge in [-0.3, -0.25) is 4.79 Å². The Morgan fingerprint density at radius 3 is 2.62 bits per heavy atom. The molecule has 0 aliphatic heterocycles. The first-order chi connectivity index (χ1) is 6.33. The van der Waals surface area contributed by atoms with E-state index in [0.717, 1.165) is 5.56 Å². The fraction of sp³-hybridized carbons (Fsp3) is 0.100. The van der Waals surface area contributed by atoms with Crippen LogP contribution in [-0.4, -0.2) is 13.1 Å². The maximum atomic E-state index is 9.79. The molecule has 0 aromatic heterocycles. The van der Waals surface area contributed by atoms with E-state index in [0.29, 0.717) is 18.1 Å². The second-order valence-corrected chi connectivity index (χ2v) is 2.82. The number of ether oxygens (including phenoxy) is 1. The molecule has 0 aliphatic rings. The summed E-state index contributed by atoms with van der Waals surface area (Å²) in [4.78, 5) is 9.79. The van der Waals surface area contributed by atoms with E-state index < -0.39 is 0 Å². The molecular weight excluding hydrogens is 188 g/mol. The van der Waals surface area contributed by atoms with Crippen molar-refractivity contribution in [1.82, 2.24) is 0 Å². The molecule has 0 bridgehead atoms. The van der Waals surface area contributed by atoms with Gasteiger partial charge in [0.1, 0.15) is 6.61 Å². The summed E-state index contributed by atoms with van der Waals surface area (Å²) in [7, 11) is 0. The highest BCUT2D eigenvalue weighted by atomic mass is 35.5. The predicted octanol–water partition coefficient (Wildman–Crippen LogP) is 2.53. The topological polar surface area (TPSA) is 26.3 Å². The summed E-state index contributed by atoms with van der Waals surface area (Å²) in [5.74, 6) is 0. The monoisotopic (exact) mass is 196 g/mol. The highest BCUT2D eigenvalue weighted by Gasteiger charge is 1.86. The Morgan fingerprint density at radius 2 is 2.00 bits per heavy atom. The lowest BCUT2D eigenvalue weighted by Crippen LogP contribution is -1.85. The van der Waals surface area contributed by atoms with Gasteiger partial charge in [0.05, 0.1) is 0 Å². The van der Waals surface area contributed by atoms with Gasteiger partial charge < -0.3 is 4.74 Å². The van der Waals surface area contributed by atoms with E-state index in [-0.39, 0.29) is 0 Å². The van der Waals surface area contributed by atoms with E-state index in [4.69, 9.17) is 11.6 Å². The van der Waals surface area contributed by atoms with Crippen LogP contribution in [-0.2, 0) is 9.53 Å². The molecule has 0 fully saturated rings. The lowest BCUT2D eigenvalue weighted by atomic mass is 10.2. The molecule has 2 nitrogen and oxygen atoms in total. The van der Waals surface area contributed by atoms with E-state index in [1.165, 1.54) is 0 Å². The Kier molecular flexibility index (Phi) is 4.06. The summed E-state index contributed by atoms with van der Waals surface area (Å²) in [5.41, 5.74) is 1.03. The SMILES string of the molecule is O=COC/C=C/c1ccc(Cl)cc1. The molecule has 0 N–H and O–H groups in total. The average Bonchev–Trinajstić information content (AvgIpc) is 2.15. The van der Waals surface area contributed by atoms with Crippen LogP contribution in [0.15, 0.2) is 30.3 Å². The van der Waals surface area contributed by atoms with Crippen molar-refractivity contribution in [2.24, 2.45) is 0 Å². The minimum atomic E-state index is 0.298. The summed E-state index contributed by atoms with van der Waals surface area (Å²) < 4.78 is 4.49. The standard InChI is InChI=1S/C10H9ClO2/c11-10-5-3-9(4-6-10)2-1-7-13-8-12/h1-6,8H,7H2/b2-1+. The number of carbonyl (C=O) groups is 1. The molecule has 1 aromatic rings. The Morgan fingerprint density at radius 1 is 1.31 bits per heavy atom. The minimum Gasteiger partial charge on any atom is -0.464 e. The molecule has 0 radical (unpaired) electrons. The summed E-state index contributed by atoms with van der Waals surface area (Å²) in [5, 5.41) is 0.710. The van der Waals surface area contributed by atoms with Crippen molar-refractivity contribution in [1.29, 1.82) is 0 Å². The van der Waals surface area contributed by atoms with E-state index in [1.54, 1.807) is 6.08 Å². The summed E-state index contributed by atoms with van der Waals surface area (Å²) in [6.45, 7) is 0.721. The second-order valence-electron chi connectivity index (χ2n) is 2.38. The van der Waals surface area contributed by atoms with Gasteiger partial charge in [0.15, 0.2) is 0 Å². The van der Waals surface area contributed by atoms with Gasteiger partial charge in [0, 0.05) is 5.02 Å². The number of hydrogen-bond acceptors (Lipinski definition) is 2. The van der Waals surface area contributed by atoms with Crippen LogP contribution in [0.2, 0.25) is 5.02 Å². The van der Waals surface area contributed by atoms with E-state index in [9.17, 15) is 4.79 Å². The highest BCUT2D eigenvalue weighted by molar-refractivity contribution is 6.30. The zero-order chi connectivity index (χ0) is 9.52. The van der Waals surface area contributed by atoms with E-state index in [1.807, 2.05) is 30.3 Å². The lowest BCUT2D eigenvalue weighted by Gasteiger charge is -1.93. The summed E-state index contributed by atoms with van der Waals surface area (Å²) in [6, 6.07) is 7.39. The Labute approximate surface area is 81.8 Å². The normalized spacial score (nSPS) is 10.2. The smallest absolute Gasteiger partial charge is 0.293 e. The van der Waals surface area contributed by atoms with E-state index in [2.05, 4.69) is 4.74 Å². The summed E-state index contributed by atoms with van der Waals surface area (Å²) in [6.07, 6.45) is 3.62. The molecular formula is C10H9ClO2. The Balaban J connectivity index is 2.49. The van der Waals surface area contributed by atoms with Crippen LogP contribution >= 0.6 is 11.6 Å². The third kappa shape index (κ3) is 3.76. The molecule has 0 saturated heterocycles. The second kappa shape index (κ2) is 5.38. The van der Waals surface area contributed by atoms with Crippen LogP contribution < -0.4 is 0 Å². The highest BCUT2D eigenvalue weighted by Crippen LogP contribution is 2.10. The van der Waals surface area contributed by atoms with Gasteiger partial charge in [0.2, 0.25) is 0 Å². The van der Waals surface area contributed by atoms with Gasteiger partial charge in [-0.15, -0.1) is 0 Å². The number of benzene rings is 1. The molecule has 0 amide bonds. The van der Waals surface area contributed by atoms with Crippen LogP contribution in [0.5, 0.6) is 0 Å². The summed E-state index contributed by atoms with van der Waals surface area (Å²) >= 11 is 5.70. The molecule has 1 aromatic carbocycles. The van der Waals surface area contributed by atoms with Crippen molar-refractivity contribution >= 4 is 24.1 Å². The molecule has 0 atom stereocenters. The van der Waals surface area contributed by atoms with Crippen molar-refractivity contribution in [3.05, 3.63) is 40.9 Å². The molecule has 0 aliphatic carbocycles. The lowest BCUT2D eigenvalue weighted by molar-refractivity contribution is -0.127. The molecule has 68 valence electrons. The maximum Gasteiger partial charge on any atom is 0.293 e.